The van der Waals surface area contributed by atoms with Crippen molar-refractivity contribution in [2.45, 2.75) is 69.8 Å². The van der Waals surface area contributed by atoms with Crippen molar-refractivity contribution >= 4 is 11.0 Å². The average molecular weight is 598 g/mol. The van der Waals surface area contributed by atoms with Gasteiger partial charge in [-0.15, -0.1) is 12.8 Å². The summed E-state index contributed by atoms with van der Waals surface area (Å²) in [6, 6.07) is 14.8. The monoisotopic (exact) mass is 597 g/mol. The molecule has 0 aromatic heterocycles. The third-order valence-corrected chi connectivity index (χ3v) is 7.30. The summed E-state index contributed by atoms with van der Waals surface area (Å²) in [5, 5.41) is 0. The Morgan fingerprint density at radius 2 is 1.54 bits per heavy atom. The summed E-state index contributed by atoms with van der Waals surface area (Å²) < 4.78 is 102. The van der Waals surface area contributed by atoms with Crippen LogP contribution < -0.4 is 9.46 Å². The van der Waals surface area contributed by atoms with Crippen molar-refractivity contribution in [2.24, 2.45) is 0 Å². The van der Waals surface area contributed by atoms with Gasteiger partial charge in [0.1, 0.15) is 5.82 Å². The second-order valence-corrected chi connectivity index (χ2v) is 12.3. The van der Waals surface area contributed by atoms with Crippen LogP contribution in [0.4, 0.5) is 26.3 Å². The molecule has 10 heteroatoms. The zero-order valence-corrected chi connectivity index (χ0v) is 24.0. The van der Waals surface area contributed by atoms with Gasteiger partial charge in [0.2, 0.25) is 0 Å². The molecular formula is C31H33F6NO2S. The number of ether oxygens (including phenoxy) is 1. The van der Waals surface area contributed by atoms with E-state index in [0.29, 0.717) is 6.07 Å². The summed E-state index contributed by atoms with van der Waals surface area (Å²) in [7, 11) is -1.76. The van der Waals surface area contributed by atoms with E-state index in [1.54, 1.807) is 20.8 Å². The van der Waals surface area contributed by atoms with Gasteiger partial charge in [0.25, 0.3) is 0 Å². The van der Waals surface area contributed by atoms with Crippen LogP contribution in [-0.4, -0.2) is 21.5 Å². The van der Waals surface area contributed by atoms with E-state index < -0.39 is 51.3 Å². The molecular weight excluding hydrogens is 564 g/mol. The van der Waals surface area contributed by atoms with Crippen molar-refractivity contribution in [3.63, 3.8) is 0 Å². The Morgan fingerprint density at radius 1 is 0.927 bits per heavy atom. The van der Waals surface area contributed by atoms with Crippen molar-refractivity contribution in [1.82, 2.24) is 4.72 Å². The van der Waals surface area contributed by atoms with Crippen LogP contribution in [0.2, 0.25) is 0 Å². The van der Waals surface area contributed by atoms with Crippen molar-refractivity contribution in [1.29, 1.82) is 0 Å². The minimum absolute atomic E-state index is 0.0899. The molecule has 1 unspecified atom stereocenters. The van der Waals surface area contributed by atoms with Gasteiger partial charge < -0.3 is 4.74 Å². The van der Waals surface area contributed by atoms with Crippen molar-refractivity contribution in [2.75, 3.05) is 0 Å². The van der Waals surface area contributed by atoms with Crippen LogP contribution in [0.3, 0.4) is 0 Å². The molecule has 1 saturated carbocycles. The van der Waals surface area contributed by atoms with Gasteiger partial charge in [-0.3, -0.25) is 0 Å². The fourth-order valence-electron chi connectivity index (χ4n) is 3.40. The summed E-state index contributed by atoms with van der Waals surface area (Å²) in [4.78, 5) is 0. The van der Waals surface area contributed by atoms with E-state index >= 15 is 0 Å². The van der Waals surface area contributed by atoms with Gasteiger partial charge in [0, 0.05) is 5.56 Å². The SMILES string of the molecule is C#C.CC(C)(C)S(=O)N[C@@H](c1cc(F)cc(C(F)(F)C(F)F)c1)c1ccc(F)c(OC2CC2)c1.Cc1ccccc1. The van der Waals surface area contributed by atoms with Crippen LogP contribution in [0.1, 0.15) is 61.9 Å². The van der Waals surface area contributed by atoms with E-state index in [9.17, 15) is 30.6 Å². The van der Waals surface area contributed by atoms with Crippen LogP contribution in [0, 0.1) is 31.4 Å². The van der Waals surface area contributed by atoms with E-state index in [1.807, 2.05) is 18.2 Å². The fraction of sp³-hybridized carbons (Fsp3) is 0.355. The second-order valence-electron chi connectivity index (χ2n) is 10.3. The molecule has 3 aromatic carbocycles. The Bertz CT molecular complexity index is 1320. The molecule has 0 amide bonds. The summed E-state index contributed by atoms with van der Waals surface area (Å²) in [5.74, 6) is -6.50. The van der Waals surface area contributed by atoms with Crippen molar-refractivity contribution in [3.8, 4) is 18.6 Å². The summed E-state index contributed by atoms with van der Waals surface area (Å²) in [5.41, 5.74) is 0.188. The van der Waals surface area contributed by atoms with Gasteiger partial charge in [-0.2, -0.15) is 8.78 Å². The molecule has 222 valence electrons. The Hall–Kier alpha value is -3.29. The molecule has 0 saturated heterocycles. The average Bonchev–Trinajstić information content (AvgIpc) is 3.73. The van der Waals surface area contributed by atoms with E-state index in [-0.39, 0.29) is 23.0 Å². The first kappa shape index (κ1) is 33.9. The van der Waals surface area contributed by atoms with Gasteiger partial charge >= 0.3 is 12.3 Å². The lowest BCUT2D eigenvalue weighted by molar-refractivity contribution is -0.135. The minimum Gasteiger partial charge on any atom is -0.487 e. The van der Waals surface area contributed by atoms with Crippen molar-refractivity contribution < 1.29 is 35.3 Å². The van der Waals surface area contributed by atoms with Crippen LogP contribution in [0.25, 0.3) is 0 Å². The molecule has 1 fully saturated rings. The molecule has 0 aliphatic heterocycles. The number of benzene rings is 3. The van der Waals surface area contributed by atoms with Gasteiger partial charge in [-0.25, -0.2) is 26.5 Å². The third kappa shape index (κ3) is 9.94. The highest BCUT2D eigenvalue weighted by atomic mass is 32.2. The zero-order valence-electron chi connectivity index (χ0n) is 23.1. The first-order chi connectivity index (χ1) is 19.2. The Labute approximate surface area is 239 Å². The quantitative estimate of drug-likeness (QED) is 0.210. The molecule has 3 aromatic rings. The largest absolute Gasteiger partial charge is 0.487 e. The van der Waals surface area contributed by atoms with Gasteiger partial charge in [0.15, 0.2) is 11.6 Å². The highest BCUT2D eigenvalue weighted by molar-refractivity contribution is 7.84. The van der Waals surface area contributed by atoms with Gasteiger partial charge in [-0.05, 0) is 82.0 Å². The summed E-state index contributed by atoms with van der Waals surface area (Å²) in [6.07, 6.45) is 5.34. The smallest absolute Gasteiger partial charge is 0.332 e. The number of hydrogen-bond acceptors (Lipinski definition) is 2. The molecule has 2 atom stereocenters. The normalized spacial score (nSPS) is 14.7. The topological polar surface area (TPSA) is 38.3 Å². The highest BCUT2D eigenvalue weighted by Crippen LogP contribution is 2.38. The lowest BCUT2D eigenvalue weighted by Crippen LogP contribution is -2.36. The first-order valence-corrected chi connectivity index (χ1v) is 13.8. The maximum atomic E-state index is 14.2. The van der Waals surface area contributed by atoms with Crippen molar-refractivity contribution in [3.05, 3.63) is 101 Å². The number of rotatable bonds is 8. The van der Waals surface area contributed by atoms with Crippen LogP contribution in [0.5, 0.6) is 5.75 Å². The second kappa shape index (κ2) is 14.6. The molecule has 1 aliphatic rings. The third-order valence-electron chi connectivity index (χ3n) is 5.74. The van der Waals surface area contributed by atoms with E-state index in [0.717, 1.165) is 31.0 Å². The van der Waals surface area contributed by atoms with E-state index in [1.165, 1.54) is 17.7 Å². The zero-order chi connectivity index (χ0) is 31.0. The highest BCUT2D eigenvalue weighted by Gasteiger charge is 2.43. The molecule has 0 heterocycles. The Balaban J connectivity index is 0.000000561. The van der Waals surface area contributed by atoms with E-state index in [2.05, 4.69) is 36.6 Å². The number of halogens is 6. The maximum Gasteiger partial charge on any atom is 0.332 e. The summed E-state index contributed by atoms with van der Waals surface area (Å²) in [6.45, 7) is 7.05. The van der Waals surface area contributed by atoms with Crippen LogP contribution in [-0.2, 0) is 16.9 Å². The van der Waals surface area contributed by atoms with Crippen LogP contribution >= 0.6 is 0 Å². The number of nitrogens with one attached hydrogen (secondary N) is 1. The molecule has 1 aliphatic carbocycles. The number of alkyl halides is 4. The molecule has 41 heavy (non-hydrogen) atoms. The predicted octanol–water partition coefficient (Wildman–Crippen LogP) is 8.25. The lowest BCUT2D eigenvalue weighted by atomic mass is 9.95. The minimum atomic E-state index is -4.59. The first-order valence-electron chi connectivity index (χ1n) is 12.6. The standard InChI is InChI=1S/C22H23F6NO2S.C7H8.C2H2/c1-21(2,3)32(30)29-19(12-4-7-17(24)18(10-12)31-16-5-6-16)13-8-14(11-15(23)9-13)22(27,28)20(25)26;1-7-5-3-2-4-6-7;1-2/h4,7-11,16,19-20,29H,5-6H2,1-3H3;2-6H,1H3;1-2H/t19-,32?;;/m1../s1. The Kier molecular flexibility index (Phi) is 12.0. The fourth-order valence-corrected chi connectivity index (χ4v) is 4.24. The summed E-state index contributed by atoms with van der Waals surface area (Å²) >= 11 is 0. The van der Waals surface area contributed by atoms with E-state index in [4.69, 9.17) is 4.74 Å². The lowest BCUT2D eigenvalue weighted by Gasteiger charge is -2.26. The molecule has 1 N–H and O–H groups in total. The van der Waals surface area contributed by atoms with Gasteiger partial charge in [0.05, 0.1) is 27.9 Å². The molecule has 3 nitrogen and oxygen atoms in total. The number of terminal acetylenes is 1. The molecule has 4 rings (SSSR count). The number of hydrogen-bond donors (Lipinski definition) is 1. The number of aryl methyl sites for hydroxylation is 1. The van der Waals surface area contributed by atoms with Gasteiger partial charge in [-0.1, -0.05) is 42.0 Å². The molecule has 0 radical (unpaired) electrons. The molecule has 0 bridgehead atoms. The van der Waals surface area contributed by atoms with Crippen LogP contribution in [0.15, 0.2) is 66.7 Å². The Morgan fingerprint density at radius 3 is 2.02 bits per heavy atom. The molecule has 0 spiro atoms. The predicted molar refractivity (Wildman–Crippen MR) is 150 cm³/mol. The maximum absolute atomic E-state index is 14.2.